The van der Waals surface area contributed by atoms with Gasteiger partial charge in [0.25, 0.3) is 5.91 Å². The molecule has 0 bridgehead atoms. The summed E-state index contributed by atoms with van der Waals surface area (Å²) in [6.07, 6.45) is 3.53. The molecule has 0 aliphatic heterocycles. The number of rotatable bonds is 7. The van der Waals surface area contributed by atoms with Crippen molar-refractivity contribution in [2.75, 3.05) is 0 Å². The summed E-state index contributed by atoms with van der Waals surface area (Å²) in [5, 5.41) is 11.6. The first kappa shape index (κ1) is 17.7. The smallest absolute Gasteiger partial charge is 0.272 e. The second kappa shape index (κ2) is 7.86. The van der Waals surface area contributed by atoms with Gasteiger partial charge in [0.05, 0.1) is 12.2 Å². The average molecular weight is 353 g/mol. The molecule has 0 saturated carbocycles. The molecule has 26 heavy (non-hydrogen) atoms. The topological polar surface area (TPSA) is 74.0 Å². The van der Waals surface area contributed by atoms with E-state index in [1.807, 2.05) is 55.8 Å². The Balaban J connectivity index is 1.59. The number of carbonyl (C=O) groups excluding carboxylic acids is 1. The fourth-order valence-corrected chi connectivity index (χ4v) is 2.77. The number of hydrogen-bond donors (Lipinski definition) is 1. The van der Waals surface area contributed by atoms with Gasteiger partial charge in [-0.05, 0) is 39.0 Å². The van der Waals surface area contributed by atoms with Crippen molar-refractivity contribution in [3.05, 3.63) is 65.7 Å². The largest absolute Gasteiger partial charge is 0.471 e. The lowest BCUT2D eigenvalue weighted by Gasteiger charge is -2.13. The van der Waals surface area contributed by atoms with E-state index >= 15 is 0 Å². The summed E-state index contributed by atoms with van der Waals surface area (Å²) >= 11 is 0. The normalized spacial score (nSPS) is 12.0. The molecule has 1 aromatic carbocycles. The minimum Gasteiger partial charge on any atom is -0.471 e. The van der Waals surface area contributed by atoms with Gasteiger partial charge in [-0.1, -0.05) is 18.2 Å². The SMILES string of the molecule is CCn1ncc(C(C)NC(=O)c2ccn(COc3ccccc3)n2)c1C. The number of aryl methyl sites for hydroxylation is 1. The zero-order chi connectivity index (χ0) is 18.5. The van der Waals surface area contributed by atoms with E-state index in [4.69, 9.17) is 4.74 Å². The summed E-state index contributed by atoms with van der Waals surface area (Å²) in [5.74, 6) is 0.533. The van der Waals surface area contributed by atoms with Crippen molar-refractivity contribution < 1.29 is 9.53 Å². The van der Waals surface area contributed by atoms with Crippen LogP contribution in [0.4, 0.5) is 0 Å². The van der Waals surface area contributed by atoms with Gasteiger partial charge in [0, 0.05) is 24.0 Å². The van der Waals surface area contributed by atoms with Gasteiger partial charge in [-0.2, -0.15) is 10.2 Å². The van der Waals surface area contributed by atoms with Gasteiger partial charge in [-0.25, -0.2) is 4.68 Å². The summed E-state index contributed by atoms with van der Waals surface area (Å²) in [6.45, 7) is 7.03. The predicted molar refractivity (Wildman–Crippen MR) is 97.8 cm³/mol. The number of benzene rings is 1. The summed E-state index contributed by atoms with van der Waals surface area (Å²) in [5.41, 5.74) is 2.42. The average Bonchev–Trinajstić information content (AvgIpc) is 3.27. The molecule has 0 saturated heterocycles. The van der Waals surface area contributed by atoms with Crippen LogP contribution in [0.25, 0.3) is 0 Å². The van der Waals surface area contributed by atoms with Crippen LogP contribution in [0.1, 0.15) is 41.6 Å². The van der Waals surface area contributed by atoms with E-state index in [0.717, 1.165) is 23.6 Å². The van der Waals surface area contributed by atoms with Gasteiger partial charge >= 0.3 is 0 Å². The van der Waals surface area contributed by atoms with Crippen molar-refractivity contribution in [2.45, 2.75) is 40.1 Å². The van der Waals surface area contributed by atoms with Gasteiger partial charge < -0.3 is 10.1 Å². The highest BCUT2D eigenvalue weighted by Gasteiger charge is 2.17. The maximum absolute atomic E-state index is 12.4. The third kappa shape index (κ3) is 3.93. The van der Waals surface area contributed by atoms with E-state index in [1.54, 1.807) is 23.1 Å². The number of para-hydroxylation sites is 1. The monoisotopic (exact) mass is 353 g/mol. The van der Waals surface area contributed by atoms with E-state index in [0.29, 0.717) is 5.69 Å². The molecule has 1 amide bonds. The number of ether oxygens (including phenoxy) is 1. The van der Waals surface area contributed by atoms with Gasteiger partial charge in [0.2, 0.25) is 0 Å². The Bertz CT molecular complexity index is 869. The highest BCUT2D eigenvalue weighted by atomic mass is 16.5. The first-order valence-electron chi connectivity index (χ1n) is 8.63. The summed E-state index contributed by atoms with van der Waals surface area (Å²) in [6, 6.07) is 11.0. The molecule has 0 aliphatic rings. The number of nitrogens with one attached hydrogen (secondary N) is 1. The van der Waals surface area contributed by atoms with Crippen molar-refractivity contribution in [1.29, 1.82) is 0 Å². The quantitative estimate of drug-likeness (QED) is 0.709. The highest BCUT2D eigenvalue weighted by Crippen LogP contribution is 2.17. The van der Waals surface area contributed by atoms with Gasteiger partial charge in [0.15, 0.2) is 6.73 Å². The Morgan fingerprint density at radius 2 is 2.04 bits per heavy atom. The van der Waals surface area contributed by atoms with Gasteiger partial charge in [0.1, 0.15) is 11.4 Å². The molecule has 0 aliphatic carbocycles. The lowest BCUT2D eigenvalue weighted by atomic mass is 10.1. The molecule has 1 unspecified atom stereocenters. The molecule has 1 N–H and O–H groups in total. The lowest BCUT2D eigenvalue weighted by molar-refractivity contribution is 0.0932. The molecular formula is C19H23N5O2. The molecule has 0 spiro atoms. The van der Waals surface area contributed by atoms with E-state index in [9.17, 15) is 4.79 Å². The fraction of sp³-hybridized carbons (Fsp3) is 0.316. The predicted octanol–water partition coefficient (Wildman–Crippen LogP) is 2.94. The third-order valence-electron chi connectivity index (χ3n) is 4.23. The van der Waals surface area contributed by atoms with E-state index < -0.39 is 0 Å². The zero-order valence-corrected chi connectivity index (χ0v) is 15.2. The second-order valence-electron chi connectivity index (χ2n) is 6.02. The number of nitrogens with zero attached hydrogens (tertiary/aromatic N) is 4. The zero-order valence-electron chi connectivity index (χ0n) is 15.2. The van der Waals surface area contributed by atoms with Crippen molar-refractivity contribution in [1.82, 2.24) is 24.9 Å². The minimum absolute atomic E-state index is 0.145. The summed E-state index contributed by atoms with van der Waals surface area (Å²) in [7, 11) is 0. The van der Waals surface area contributed by atoms with Crippen LogP contribution in [0, 0.1) is 6.92 Å². The van der Waals surface area contributed by atoms with Crippen LogP contribution in [-0.2, 0) is 13.3 Å². The second-order valence-corrected chi connectivity index (χ2v) is 6.02. The van der Waals surface area contributed by atoms with Crippen LogP contribution < -0.4 is 10.1 Å². The van der Waals surface area contributed by atoms with Crippen LogP contribution in [0.15, 0.2) is 48.8 Å². The van der Waals surface area contributed by atoms with Crippen LogP contribution in [0.5, 0.6) is 5.75 Å². The third-order valence-corrected chi connectivity index (χ3v) is 4.23. The van der Waals surface area contributed by atoms with Crippen molar-refractivity contribution in [3.8, 4) is 5.75 Å². The fourth-order valence-electron chi connectivity index (χ4n) is 2.77. The van der Waals surface area contributed by atoms with Crippen LogP contribution in [0.3, 0.4) is 0 Å². The Kier molecular flexibility index (Phi) is 5.36. The summed E-state index contributed by atoms with van der Waals surface area (Å²) in [4.78, 5) is 12.4. The molecule has 1 atom stereocenters. The van der Waals surface area contributed by atoms with Crippen LogP contribution >= 0.6 is 0 Å². The molecule has 0 fully saturated rings. The number of amides is 1. The maximum atomic E-state index is 12.4. The van der Waals surface area contributed by atoms with Crippen LogP contribution in [-0.4, -0.2) is 25.5 Å². The first-order chi connectivity index (χ1) is 12.6. The van der Waals surface area contributed by atoms with E-state index in [1.165, 1.54) is 0 Å². The standard InChI is InChI=1S/C19H23N5O2/c1-4-24-15(3)17(12-20-24)14(2)21-19(25)18-10-11-23(22-18)13-26-16-8-6-5-7-9-16/h5-12,14H,4,13H2,1-3H3,(H,21,25). The van der Waals surface area contributed by atoms with Crippen molar-refractivity contribution >= 4 is 5.91 Å². The molecule has 2 aromatic heterocycles. The number of hydrogen-bond acceptors (Lipinski definition) is 4. The van der Waals surface area contributed by atoms with E-state index in [2.05, 4.69) is 15.5 Å². The van der Waals surface area contributed by atoms with Crippen molar-refractivity contribution in [2.24, 2.45) is 0 Å². The number of carbonyl (C=O) groups is 1. The molecule has 7 nitrogen and oxygen atoms in total. The molecule has 3 aromatic rings. The molecule has 136 valence electrons. The number of aromatic nitrogens is 4. The molecule has 7 heteroatoms. The van der Waals surface area contributed by atoms with Gasteiger partial charge in [-0.15, -0.1) is 0 Å². The van der Waals surface area contributed by atoms with Crippen molar-refractivity contribution in [3.63, 3.8) is 0 Å². The lowest BCUT2D eigenvalue weighted by Crippen LogP contribution is -2.27. The first-order valence-corrected chi connectivity index (χ1v) is 8.63. The molecule has 2 heterocycles. The van der Waals surface area contributed by atoms with Crippen LogP contribution in [0.2, 0.25) is 0 Å². The Morgan fingerprint density at radius 1 is 1.27 bits per heavy atom. The molecule has 3 rings (SSSR count). The van der Waals surface area contributed by atoms with E-state index in [-0.39, 0.29) is 18.7 Å². The molecule has 0 radical (unpaired) electrons. The molecular weight excluding hydrogens is 330 g/mol. The summed E-state index contributed by atoms with van der Waals surface area (Å²) < 4.78 is 9.12. The highest BCUT2D eigenvalue weighted by molar-refractivity contribution is 5.92. The van der Waals surface area contributed by atoms with Gasteiger partial charge in [-0.3, -0.25) is 9.48 Å². The Morgan fingerprint density at radius 3 is 2.73 bits per heavy atom. The minimum atomic E-state index is -0.223. The Labute approximate surface area is 152 Å². The Hall–Kier alpha value is -3.09. The maximum Gasteiger partial charge on any atom is 0.272 e.